The third-order valence-electron chi connectivity index (χ3n) is 3.22. The average molecular weight is 283 g/mol. The van der Waals surface area contributed by atoms with E-state index in [2.05, 4.69) is 0 Å². The van der Waals surface area contributed by atoms with Crippen molar-refractivity contribution >= 4 is 0 Å². The van der Waals surface area contributed by atoms with E-state index in [-0.39, 0.29) is 5.56 Å². The van der Waals surface area contributed by atoms with E-state index in [4.69, 9.17) is 5.73 Å². The molecule has 0 radical (unpaired) electrons. The molecule has 0 spiro atoms. The van der Waals surface area contributed by atoms with E-state index in [1.165, 1.54) is 0 Å². The van der Waals surface area contributed by atoms with Crippen molar-refractivity contribution in [2.45, 2.75) is 18.9 Å². The first kappa shape index (κ1) is 14.5. The summed E-state index contributed by atoms with van der Waals surface area (Å²) in [6.07, 6.45) is 0. The summed E-state index contributed by atoms with van der Waals surface area (Å²) in [7, 11) is 0. The molecule has 1 nitrogen and oxygen atoms in total. The lowest BCUT2D eigenvalue weighted by molar-refractivity contribution is 0.542. The van der Waals surface area contributed by atoms with Crippen molar-refractivity contribution in [3.63, 3.8) is 0 Å². The van der Waals surface area contributed by atoms with Crippen LogP contribution in [0, 0.1) is 23.3 Å². The predicted molar refractivity (Wildman–Crippen MR) is 68.1 cm³/mol. The maximum absolute atomic E-state index is 13.2. The van der Waals surface area contributed by atoms with E-state index < -0.39 is 35.2 Å². The molecule has 1 unspecified atom stereocenters. The average Bonchev–Trinajstić information content (AvgIpc) is 2.34. The van der Waals surface area contributed by atoms with Gasteiger partial charge in [0.1, 0.15) is 23.3 Å². The Bertz CT molecular complexity index is 531. The maximum atomic E-state index is 13.2. The van der Waals surface area contributed by atoms with Gasteiger partial charge >= 0.3 is 0 Å². The highest BCUT2D eigenvalue weighted by Gasteiger charge is 2.19. The van der Waals surface area contributed by atoms with Crippen LogP contribution < -0.4 is 5.73 Å². The lowest BCUT2D eigenvalue weighted by Gasteiger charge is -2.21. The fourth-order valence-corrected chi connectivity index (χ4v) is 2.10. The van der Waals surface area contributed by atoms with Crippen LogP contribution in [0.3, 0.4) is 0 Å². The quantitative estimate of drug-likeness (QED) is 0.845. The monoisotopic (exact) mass is 283 g/mol. The highest BCUT2D eigenvalue weighted by atomic mass is 19.1. The highest BCUT2D eigenvalue weighted by molar-refractivity contribution is 5.29. The van der Waals surface area contributed by atoms with Crippen molar-refractivity contribution < 1.29 is 17.6 Å². The van der Waals surface area contributed by atoms with Crippen LogP contribution in [0.1, 0.15) is 30.0 Å². The van der Waals surface area contributed by atoms with Crippen molar-refractivity contribution in [3.8, 4) is 0 Å². The molecular weight excluding hydrogens is 270 g/mol. The molecule has 106 valence electrons. The van der Waals surface area contributed by atoms with Crippen LogP contribution in [0.5, 0.6) is 0 Å². The molecule has 2 rings (SSSR count). The van der Waals surface area contributed by atoms with Gasteiger partial charge in [0.25, 0.3) is 0 Å². The van der Waals surface area contributed by atoms with Gasteiger partial charge in [-0.2, -0.15) is 0 Å². The zero-order valence-corrected chi connectivity index (χ0v) is 10.7. The van der Waals surface area contributed by atoms with Crippen molar-refractivity contribution in [1.29, 1.82) is 0 Å². The van der Waals surface area contributed by atoms with Gasteiger partial charge in [-0.25, -0.2) is 17.6 Å². The molecule has 2 aromatic rings. The molecule has 0 saturated carbocycles. The van der Waals surface area contributed by atoms with Crippen LogP contribution in [0.15, 0.2) is 36.4 Å². The smallest absolute Gasteiger partial charge is 0.126 e. The minimum Gasteiger partial charge on any atom is -0.323 e. The molecule has 0 aliphatic rings. The number of benzene rings is 2. The number of hydrogen-bond donors (Lipinski definition) is 1. The molecule has 0 bridgehead atoms. The second-order valence-corrected chi connectivity index (χ2v) is 4.72. The van der Waals surface area contributed by atoms with Crippen molar-refractivity contribution in [1.82, 2.24) is 0 Å². The molecule has 20 heavy (non-hydrogen) atoms. The molecule has 0 fully saturated rings. The van der Waals surface area contributed by atoms with Gasteiger partial charge in [0.2, 0.25) is 0 Å². The largest absolute Gasteiger partial charge is 0.323 e. The van der Waals surface area contributed by atoms with E-state index >= 15 is 0 Å². The number of halogens is 4. The number of nitrogens with two attached hydrogens (primary N) is 1. The molecular formula is C15H13F4N. The summed E-state index contributed by atoms with van der Waals surface area (Å²) in [5.41, 5.74) is 6.50. The Balaban J connectivity index is 2.34. The first-order valence-electron chi connectivity index (χ1n) is 6.04. The molecule has 2 atom stereocenters. The molecule has 0 aliphatic carbocycles. The zero-order chi connectivity index (χ0) is 14.9. The number of hydrogen-bond acceptors (Lipinski definition) is 1. The van der Waals surface area contributed by atoms with Gasteiger partial charge in [0.05, 0.1) is 0 Å². The third kappa shape index (κ3) is 3.17. The second kappa shape index (κ2) is 5.63. The summed E-state index contributed by atoms with van der Waals surface area (Å²) in [4.78, 5) is 0. The first-order chi connectivity index (χ1) is 9.36. The fourth-order valence-electron chi connectivity index (χ4n) is 2.10. The summed E-state index contributed by atoms with van der Waals surface area (Å²) >= 11 is 0. The minimum atomic E-state index is -0.776. The van der Waals surface area contributed by atoms with Gasteiger partial charge in [0, 0.05) is 24.1 Å². The molecule has 0 aliphatic heterocycles. The molecule has 0 heterocycles. The van der Waals surface area contributed by atoms with E-state index in [1.54, 1.807) is 6.92 Å². The Morgan fingerprint density at radius 3 is 1.45 bits per heavy atom. The van der Waals surface area contributed by atoms with E-state index in [0.29, 0.717) is 5.56 Å². The summed E-state index contributed by atoms with van der Waals surface area (Å²) < 4.78 is 52.7. The van der Waals surface area contributed by atoms with Crippen molar-refractivity contribution in [2.24, 2.45) is 5.73 Å². The summed E-state index contributed by atoms with van der Waals surface area (Å²) in [6, 6.07) is 5.25. The van der Waals surface area contributed by atoms with Crippen LogP contribution in [-0.4, -0.2) is 0 Å². The van der Waals surface area contributed by atoms with Crippen LogP contribution in [0.4, 0.5) is 17.6 Å². The highest BCUT2D eigenvalue weighted by Crippen LogP contribution is 2.30. The third-order valence-corrected chi connectivity index (χ3v) is 3.22. The van der Waals surface area contributed by atoms with E-state index in [9.17, 15) is 17.6 Å². The normalized spacial score (nSPS) is 14.1. The molecule has 2 aromatic carbocycles. The van der Waals surface area contributed by atoms with E-state index in [0.717, 1.165) is 36.4 Å². The lowest BCUT2D eigenvalue weighted by atomic mass is 9.89. The van der Waals surface area contributed by atoms with E-state index in [1.807, 2.05) is 0 Å². The first-order valence-corrected chi connectivity index (χ1v) is 6.04. The predicted octanol–water partition coefficient (Wildman–Crippen LogP) is 4.05. The van der Waals surface area contributed by atoms with Crippen molar-refractivity contribution in [3.05, 3.63) is 70.8 Å². The van der Waals surface area contributed by atoms with Crippen LogP contribution >= 0.6 is 0 Å². The van der Waals surface area contributed by atoms with Crippen molar-refractivity contribution in [2.75, 3.05) is 0 Å². The lowest BCUT2D eigenvalue weighted by Crippen LogP contribution is -2.18. The van der Waals surface area contributed by atoms with Gasteiger partial charge in [0.15, 0.2) is 0 Å². The molecule has 2 N–H and O–H groups in total. The minimum absolute atomic E-state index is 0.236. The topological polar surface area (TPSA) is 26.0 Å². The summed E-state index contributed by atoms with van der Waals surface area (Å²) in [6.45, 7) is 1.64. The fraction of sp³-hybridized carbons (Fsp3) is 0.200. The Morgan fingerprint density at radius 1 is 0.700 bits per heavy atom. The number of rotatable bonds is 3. The SMILES string of the molecule is C[C@H](c1cc(F)cc(F)c1)C(N)c1cc(F)cc(F)c1. The van der Waals surface area contributed by atoms with Crippen LogP contribution in [0.25, 0.3) is 0 Å². The molecule has 0 aromatic heterocycles. The molecule has 5 heteroatoms. The van der Waals surface area contributed by atoms with Gasteiger partial charge in [-0.3, -0.25) is 0 Å². The standard InChI is InChI=1S/C15H13F4N/c1-8(9-2-11(16)6-12(17)3-9)15(20)10-4-13(18)7-14(19)5-10/h2-8,15H,20H2,1H3/t8-,15?/m1/s1. The Morgan fingerprint density at radius 2 is 1.05 bits per heavy atom. The zero-order valence-electron chi connectivity index (χ0n) is 10.7. The van der Waals surface area contributed by atoms with Gasteiger partial charge in [-0.05, 0) is 35.4 Å². The van der Waals surface area contributed by atoms with Gasteiger partial charge < -0.3 is 5.73 Å². The van der Waals surface area contributed by atoms with Crippen LogP contribution in [0.2, 0.25) is 0 Å². The van der Waals surface area contributed by atoms with Crippen LogP contribution in [-0.2, 0) is 0 Å². The second-order valence-electron chi connectivity index (χ2n) is 4.72. The Kier molecular flexibility index (Phi) is 4.09. The summed E-state index contributed by atoms with van der Waals surface area (Å²) in [5.74, 6) is -3.42. The maximum Gasteiger partial charge on any atom is 0.126 e. The Labute approximate surface area is 114 Å². The van der Waals surface area contributed by atoms with Gasteiger partial charge in [-0.1, -0.05) is 6.92 Å². The van der Waals surface area contributed by atoms with Gasteiger partial charge in [-0.15, -0.1) is 0 Å². The molecule has 0 amide bonds. The molecule has 0 saturated heterocycles. The summed E-state index contributed by atoms with van der Waals surface area (Å²) in [5, 5.41) is 0. The Hall–Kier alpha value is -1.88.